The summed E-state index contributed by atoms with van der Waals surface area (Å²) in [7, 11) is 1.45. The van der Waals surface area contributed by atoms with E-state index in [2.05, 4.69) is 15.3 Å². The van der Waals surface area contributed by atoms with Gasteiger partial charge in [-0.25, -0.2) is 14.6 Å². The van der Waals surface area contributed by atoms with E-state index >= 15 is 0 Å². The summed E-state index contributed by atoms with van der Waals surface area (Å²) in [6.07, 6.45) is 3.94. The van der Waals surface area contributed by atoms with Crippen LogP contribution in [0.15, 0.2) is 12.4 Å². The molecular formula is C11H18N4O3. The summed E-state index contributed by atoms with van der Waals surface area (Å²) in [5, 5.41) is 11.6. The Morgan fingerprint density at radius 3 is 2.72 bits per heavy atom. The van der Waals surface area contributed by atoms with Crippen LogP contribution in [0.3, 0.4) is 0 Å². The molecule has 100 valence electrons. The predicted molar refractivity (Wildman–Crippen MR) is 65.0 cm³/mol. The van der Waals surface area contributed by atoms with E-state index in [9.17, 15) is 9.59 Å². The Morgan fingerprint density at radius 2 is 2.28 bits per heavy atom. The molecule has 1 aromatic heterocycles. The Hall–Kier alpha value is -2.05. The number of carbonyl (C=O) groups is 2. The molecule has 0 aliphatic carbocycles. The molecule has 0 aliphatic heterocycles. The molecule has 7 nitrogen and oxygen atoms in total. The first-order chi connectivity index (χ1) is 8.47. The number of rotatable bonds is 5. The number of hydrogen-bond donors (Lipinski definition) is 3. The third-order valence-corrected chi connectivity index (χ3v) is 2.81. The molecule has 18 heavy (non-hydrogen) atoms. The highest BCUT2D eigenvalue weighted by Gasteiger charge is 2.24. The second-order valence-corrected chi connectivity index (χ2v) is 4.01. The first kappa shape index (κ1) is 14.0. The zero-order valence-electron chi connectivity index (χ0n) is 10.7. The fraction of sp³-hybridized carbons (Fsp3) is 0.545. The van der Waals surface area contributed by atoms with Gasteiger partial charge in [0.2, 0.25) is 0 Å². The second-order valence-electron chi connectivity index (χ2n) is 4.01. The number of likely N-dealkylation sites (N-methyl/N-ethyl adjacent to an activating group) is 1. The van der Waals surface area contributed by atoms with Crippen LogP contribution < -0.4 is 5.32 Å². The highest BCUT2D eigenvalue weighted by atomic mass is 16.4. The number of imidazole rings is 1. The van der Waals surface area contributed by atoms with Crippen LogP contribution in [-0.4, -0.2) is 45.1 Å². The number of nitrogens with zero attached hydrogens (tertiary/aromatic N) is 2. The normalized spacial score (nSPS) is 13.7. The Labute approximate surface area is 105 Å². The minimum absolute atomic E-state index is 0.254. The fourth-order valence-corrected chi connectivity index (χ4v) is 1.42. The average Bonchev–Trinajstić information content (AvgIpc) is 2.87. The lowest BCUT2D eigenvalue weighted by molar-refractivity contribution is -0.141. The van der Waals surface area contributed by atoms with Crippen molar-refractivity contribution in [2.45, 2.75) is 32.4 Å². The van der Waals surface area contributed by atoms with Crippen LogP contribution >= 0.6 is 0 Å². The highest BCUT2D eigenvalue weighted by Crippen LogP contribution is 2.12. The summed E-state index contributed by atoms with van der Waals surface area (Å²) in [5.41, 5.74) is 0. The fourth-order valence-electron chi connectivity index (χ4n) is 1.42. The quantitative estimate of drug-likeness (QED) is 0.729. The molecule has 2 atom stereocenters. The van der Waals surface area contributed by atoms with E-state index in [0.717, 1.165) is 4.90 Å². The molecular weight excluding hydrogens is 236 g/mol. The average molecular weight is 254 g/mol. The Balaban J connectivity index is 2.65. The molecule has 7 heteroatoms. The van der Waals surface area contributed by atoms with E-state index < -0.39 is 18.0 Å². The standard InChI is InChI=1S/C11H18N4O3/c1-4-8(9-12-5-6-13-9)14-11(18)15(3)7(2)10(16)17/h5-8H,4H2,1-3H3,(H,12,13)(H,14,18)(H,16,17). The number of aliphatic carboxylic acids is 1. The number of H-pyrrole nitrogens is 1. The van der Waals surface area contributed by atoms with Crippen LogP contribution in [-0.2, 0) is 4.79 Å². The van der Waals surface area contributed by atoms with Crippen molar-refractivity contribution in [2.75, 3.05) is 7.05 Å². The van der Waals surface area contributed by atoms with Gasteiger partial charge in [-0.3, -0.25) is 0 Å². The van der Waals surface area contributed by atoms with Gasteiger partial charge < -0.3 is 20.3 Å². The van der Waals surface area contributed by atoms with E-state index in [1.165, 1.54) is 14.0 Å². The lowest BCUT2D eigenvalue weighted by Crippen LogP contribution is -2.46. The maximum atomic E-state index is 11.9. The molecule has 1 heterocycles. The number of carboxylic acid groups (broad SMARTS) is 1. The van der Waals surface area contributed by atoms with Crippen LogP contribution in [0.4, 0.5) is 4.79 Å². The molecule has 0 spiro atoms. The Kier molecular flexibility index (Phi) is 4.70. The van der Waals surface area contributed by atoms with Crippen molar-refractivity contribution in [3.8, 4) is 0 Å². The van der Waals surface area contributed by atoms with E-state index in [-0.39, 0.29) is 6.04 Å². The van der Waals surface area contributed by atoms with Gasteiger partial charge in [0, 0.05) is 19.4 Å². The van der Waals surface area contributed by atoms with Crippen LogP contribution in [0.1, 0.15) is 32.1 Å². The maximum Gasteiger partial charge on any atom is 0.326 e. The smallest absolute Gasteiger partial charge is 0.326 e. The van der Waals surface area contributed by atoms with Crippen molar-refractivity contribution >= 4 is 12.0 Å². The number of carboxylic acids is 1. The number of carbonyl (C=O) groups excluding carboxylic acids is 1. The SMILES string of the molecule is CCC(NC(=O)N(C)C(C)C(=O)O)c1ncc[nH]1. The molecule has 3 N–H and O–H groups in total. The summed E-state index contributed by atoms with van der Waals surface area (Å²) < 4.78 is 0. The largest absolute Gasteiger partial charge is 0.480 e. The summed E-state index contributed by atoms with van der Waals surface area (Å²) >= 11 is 0. The minimum Gasteiger partial charge on any atom is -0.480 e. The Morgan fingerprint density at radius 1 is 1.61 bits per heavy atom. The summed E-state index contributed by atoms with van der Waals surface area (Å²) in [5.74, 6) is -0.388. The van der Waals surface area contributed by atoms with Crippen LogP contribution in [0, 0.1) is 0 Å². The van der Waals surface area contributed by atoms with Gasteiger partial charge in [0.05, 0.1) is 6.04 Å². The van der Waals surface area contributed by atoms with E-state index in [1.807, 2.05) is 6.92 Å². The van der Waals surface area contributed by atoms with Gasteiger partial charge in [0.15, 0.2) is 0 Å². The van der Waals surface area contributed by atoms with Crippen molar-refractivity contribution in [1.29, 1.82) is 0 Å². The van der Waals surface area contributed by atoms with Crippen molar-refractivity contribution in [3.05, 3.63) is 18.2 Å². The molecule has 0 bridgehead atoms. The molecule has 0 fully saturated rings. The van der Waals surface area contributed by atoms with Crippen molar-refractivity contribution in [3.63, 3.8) is 0 Å². The molecule has 2 unspecified atom stereocenters. The van der Waals surface area contributed by atoms with Gasteiger partial charge in [0.25, 0.3) is 0 Å². The topological polar surface area (TPSA) is 98.3 Å². The maximum absolute atomic E-state index is 11.9. The first-order valence-electron chi connectivity index (χ1n) is 5.72. The van der Waals surface area contributed by atoms with Gasteiger partial charge in [-0.2, -0.15) is 0 Å². The lowest BCUT2D eigenvalue weighted by Gasteiger charge is -2.24. The second kappa shape index (κ2) is 6.04. The summed E-state index contributed by atoms with van der Waals surface area (Å²) in [4.78, 5) is 30.8. The van der Waals surface area contributed by atoms with Crippen LogP contribution in [0.2, 0.25) is 0 Å². The van der Waals surface area contributed by atoms with Crippen molar-refractivity contribution in [2.24, 2.45) is 0 Å². The molecule has 0 aliphatic rings. The lowest BCUT2D eigenvalue weighted by atomic mass is 10.2. The zero-order valence-corrected chi connectivity index (χ0v) is 10.7. The number of aromatic nitrogens is 2. The zero-order chi connectivity index (χ0) is 13.7. The van der Waals surface area contributed by atoms with Gasteiger partial charge in [-0.15, -0.1) is 0 Å². The van der Waals surface area contributed by atoms with E-state index in [1.54, 1.807) is 12.4 Å². The summed E-state index contributed by atoms with van der Waals surface area (Å²) in [6.45, 7) is 3.36. The van der Waals surface area contributed by atoms with Gasteiger partial charge >= 0.3 is 12.0 Å². The number of nitrogens with one attached hydrogen (secondary N) is 2. The molecule has 0 aromatic carbocycles. The number of urea groups is 1. The number of aromatic amines is 1. The van der Waals surface area contributed by atoms with E-state index in [0.29, 0.717) is 12.2 Å². The number of amides is 2. The third kappa shape index (κ3) is 3.22. The third-order valence-electron chi connectivity index (χ3n) is 2.81. The molecule has 0 saturated carbocycles. The van der Waals surface area contributed by atoms with Crippen molar-refractivity contribution in [1.82, 2.24) is 20.2 Å². The molecule has 0 radical (unpaired) electrons. The summed E-state index contributed by atoms with van der Waals surface area (Å²) in [6, 6.07) is -1.57. The van der Waals surface area contributed by atoms with E-state index in [4.69, 9.17) is 5.11 Å². The molecule has 1 rings (SSSR count). The predicted octanol–water partition coefficient (Wildman–Crippen LogP) is 0.975. The molecule has 2 amide bonds. The first-order valence-corrected chi connectivity index (χ1v) is 5.72. The monoisotopic (exact) mass is 254 g/mol. The van der Waals surface area contributed by atoms with Crippen LogP contribution in [0.25, 0.3) is 0 Å². The Bertz CT molecular complexity index is 404. The highest BCUT2D eigenvalue weighted by molar-refractivity contribution is 5.82. The molecule has 1 aromatic rings. The molecule has 0 saturated heterocycles. The van der Waals surface area contributed by atoms with Crippen molar-refractivity contribution < 1.29 is 14.7 Å². The van der Waals surface area contributed by atoms with Crippen LogP contribution in [0.5, 0.6) is 0 Å². The number of hydrogen-bond acceptors (Lipinski definition) is 3. The van der Waals surface area contributed by atoms with Gasteiger partial charge in [-0.1, -0.05) is 6.92 Å². The minimum atomic E-state index is -1.04. The van der Waals surface area contributed by atoms with Gasteiger partial charge in [0.1, 0.15) is 11.9 Å². The van der Waals surface area contributed by atoms with Gasteiger partial charge in [-0.05, 0) is 13.3 Å².